The molecule has 0 heterocycles. The van der Waals surface area contributed by atoms with Crippen LogP contribution >= 0.6 is 15.2 Å². The summed E-state index contributed by atoms with van der Waals surface area (Å²) in [5.41, 5.74) is -12.9. The molecule has 51 heavy (non-hydrogen) atoms. The summed E-state index contributed by atoms with van der Waals surface area (Å²) in [7, 11) is -11.8. The molecule has 0 aromatic heterocycles. The first-order valence-corrected chi connectivity index (χ1v) is 18.3. The average Bonchev–Trinajstić information content (AvgIpc) is 3.03. The van der Waals surface area contributed by atoms with Crippen LogP contribution < -0.4 is 0 Å². The fourth-order valence-corrected chi connectivity index (χ4v) is 6.35. The van der Waals surface area contributed by atoms with E-state index in [0.717, 1.165) is 60.7 Å². The van der Waals surface area contributed by atoms with E-state index < -0.39 is 66.2 Å². The van der Waals surface area contributed by atoms with E-state index in [9.17, 15) is 60.2 Å². The third kappa shape index (κ3) is 8.72. The number of hydrogen-bond acceptors (Lipinski definition) is 5. The van der Waals surface area contributed by atoms with Crippen LogP contribution in [0.3, 0.4) is 0 Å². The van der Waals surface area contributed by atoms with Gasteiger partial charge in [-0.05, 0) is 86.7 Å². The van der Waals surface area contributed by atoms with E-state index in [1.54, 1.807) is 20.8 Å². The Kier molecular flexibility index (Phi) is 11.1. The number of Topliss-reactive ketones (excluding diaryl/α,β-unsaturated/α-hetero) is 1. The van der Waals surface area contributed by atoms with Crippen molar-refractivity contribution in [2.24, 2.45) is 0 Å². The van der Waals surface area contributed by atoms with E-state index in [1.165, 1.54) is 36.4 Å². The Bertz CT molecular complexity index is 1900. The van der Waals surface area contributed by atoms with Crippen molar-refractivity contribution in [3.05, 3.63) is 142 Å². The maximum Gasteiger partial charge on any atom is 0.399 e. The molecule has 0 amide bonds. The van der Waals surface area contributed by atoms with Gasteiger partial charge in [0.05, 0.1) is 11.0 Å². The minimum Gasteiger partial charge on any atom is -0.456 e. The van der Waals surface area contributed by atoms with Crippen LogP contribution in [0.25, 0.3) is 0 Å². The lowest BCUT2D eigenvalue weighted by Crippen LogP contribution is -2.41. The highest BCUT2D eigenvalue weighted by molar-refractivity contribution is 7.52. The molecule has 0 fully saturated rings. The van der Waals surface area contributed by atoms with Crippen LogP contribution in [0.1, 0.15) is 69.3 Å². The number of hydrogen-bond donors (Lipinski definition) is 4. The number of alkyl halides is 4. The van der Waals surface area contributed by atoms with Crippen molar-refractivity contribution in [3.8, 4) is 0 Å². The molecule has 16 heteroatoms. The largest absolute Gasteiger partial charge is 0.456 e. The molecule has 0 bridgehead atoms. The zero-order valence-corrected chi connectivity index (χ0v) is 29.1. The first-order valence-electron chi connectivity index (χ1n) is 15.1. The van der Waals surface area contributed by atoms with Gasteiger partial charge in [-0.15, -0.1) is 0 Å². The number of halogens is 5. The monoisotopic (exact) mass is 754 g/mol. The van der Waals surface area contributed by atoms with Gasteiger partial charge in [0.2, 0.25) is 0 Å². The van der Waals surface area contributed by atoms with Gasteiger partial charge in [0.25, 0.3) is 0 Å². The standard InChI is InChI=1S/C35H33F5O9P2/c1-32(2,3)49-31(42)25-8-16-26(17-9-25)33(30(41)24-10-18-29(36)19-11-24,20-22-4-12-27(13-5-22)34(37,38)50(43,44)45)21-23-6-14-28(15-7-23)35(39,40)51(46,47)48/h4-19H,20-21H2,1-3H3,(H2,43,44,45)(H2,46,47,48). The van der Waals surface area contributed by atoms with E-state index in [-0.39, 0.29) is 40.7 Å². The zero-order valence-electron chi connectivity index (χ0n) is 27.3. The molecule has 0 aliphatic rings. The van der Waals surface area contributed by atoms with E-state index in [1.807, 2.05) is 0 Å². The molecule has 0 atom stereocenters. The maximum absolute atomic E-state index is 14.6. The number of ether oxygens (including phenoxy) is 1. The third-order valence-corrected chi connectivity index (χ3v) is 9.94. The van der Waals surface area contributed by atoms with E-state index >= 15 is 0 Å². The molecule has 4 rings (SSSR count). The molecular formula is C35H33F5O9P2. The van der Waals surface area contributed by atoms with Crippen LogP contribution in [0.2, 0.25) is 0 Å². The second-order valence-corrected chi connectivity index (χ2v) is 16.2. The van der Waals surface area contributed by atoms with Gasteiger partial charge >= 0.3 is 32.5 Å². The molecule has 4 aromatic rings. The van der Waals surface area contributed by atoms with Crippen LogP contribution in [0.4, 0.5) is 22.0 Å². The minimum atomic E-state index is -5.91. The maximum atomic E-state index is 14.6. The Morgan fingerprint density at radius 1 is 0.588 bits per heavy atom. The second-order valence-electron chi connectivity index (χ2n) is 12.9. The number of benzene rings is 4. The van der Waals surface area contributed by atoms with Gasteiger partial charge in [0.1, 0.15) is 11.4 Å². The molecule has 4 aromatic carbocycles. The second kappa shape index (κ2) is 14.2. The fourth-order valence-electron chi connectivity index (χ4n) is 5.38. The Morgan fingerprint density at radius 2 is 0.941 bits per heavy atom. The van der Waals surface area contributed by atoms with Crippen molar-refractivity contribution >= 4 is 26.9 Å². The van der Waals surface area contributed by atoms with Crippen LogP contribution in [0.15, 0.2) is 97.1 Å². The van der Waals surface area contributed by atoms with Gasteiger partial charge in [0.15, 0.2) is 5.78 Å². The van der Waals surface area contributed by atoms with Gasteiger partial charge in [-0.2, -0.15) is 17.6 Å². The number of carbonyl (C=O) groups is 2. The summed E-state index contributed by atoms with van der Waals surface area (Å²) in [5.74, 6) is -2.00. The van der Waals surface area contributed by atoms with Crippen molar-refractivity contribution in [2.75, 3.05) is 0 Å². The first-order chi connectivity index (χ1) is 23.4. The lowest BCUT2D eigenvalue weighted by molar-refractivity contribution is 0.00692. The minimum absolute atomic E-state index is 0.0121. The van der Waals surface area contributed by atoms with Crippen molar-refractivity contribution in [1.82, 2.24) is 0 Å². The van der Waals surface area contributed by atoms with Crippen molar-refractivity contribution in [3.63, 3.8) is 0 Å². The van der Waals surface area contributed by atoms with Gasteiger partial charge in [-0.25, -0.2) is 9.18 Å². The molecule has 9 nitrogen and oxygen atoms in total. The lowest BCUT2D eigenvalue weighted by atomic mass is 9.67. The van der Waals surface area contributed by atoms with Crippen LogP contribution in [-0.2, 0) is 43.5 Å². The van der Waals surface area contributed by atoms with Gasteiger partial charge < -0.3 is 24.3 Å². The quantitative estimate of drug-likeness (QED) is 0.0489. The average molecular weight is 755 g/mol. The summed E-state index contributed by atoms with van der Waals surface area (Å²) in [6.45, 7) is 4.98. The summed E-state index contributed by atoms with van der Waals surface area (Å²) in [6.07, 6.45) is -0.617. The van der Waals surface area contributed by atoms with E-state index in [0.29, 0.717) is 0 Å². The SMILES string of the molecule is CC(C)(C)OC(=O)c1ccc(C(Cc2ccc(C(F)(F)P(=O)(O)O)cc2)(Cc2ccc(C(F)(F)P(=O)(O)O)cc2)C(=O)c2ccc(F)cc2)cc1. The highest BCUT2D eigenvalue weighted by Crippen LogP contribution is 2.60. The fraction of sp³-hybridized carbons (Fsp3) is 0.257. The predicted octanol–water partition coefficient (Wildman–Crippen LogP) is 7.84. The summed E-state index contributed by atoms with van der Waals surface area (Å²) >= 11 is 0. The third-order valence-electron chi connectivity index (χ3n) is 7.96. The molecule has 0 spiro atoms. The summed E-state index contributed by atoms with van der Waals surface area (Å²) in [4.78, 5) is 64.2. The summed E-state index contributed by atoms with van der Waals surface area (Å²) in [6, 6.07) is 17.7. The predicted molar refractivity (Wildman–Crippen MR) is 176 cm³/mol. The summed E-state index contributed by atoms with van der Waals surface area (Å²) < 4.78 is 100. The Balaban J connectivity index is 1.92. The number of ketones is 1. The molecule has 0 aliphatic carbocycles. The molecule has 0 saturated heterocycles. The first kappa shape index (κ1) is 39.8. The molecular weight excluding hydrogens is 721 g/mol. The number of rotatable bonds is 12. The molecule has 0 unspecified atom stereocenters. The lowest BCUT2D eigenvalue weighted by Gasteiger charge is -2.34. The van der Waals surface area contributed by atoms with Crippen LogP contribution in [0.5, 0.6) is 0 Å². The van der Waals surface area contributed by atoms with Crippen molar-refractivity contribution < 1.29 is 65.0 Å². The van der Waals surface area contributed by atoms with E-state index in [2.05, 4.69) is 0 Å². The molecule has 4 N–H and O–H groups in total. The van der Waals surface area contributed by atoms with Gasteiger partial charge in [0, 0.05) is 16.7 Å². The molecule has 0 saturated carbocycles. The zero-order chi connectivity index (χ0) is 38.2. The van der Waals surface area contributed by atoms with Gasteiger partial charge in [-0.3, -0.25) is 13.9 Å². The van der Waals surface area contributed by atoms with Crippen LogP contribution in [-0.4, -0.2) is 36.9 Å². The smallest absolute Gasteiger partial charge is 0.399 e. The van der Waals surface area contributed by atoms with Gasteiger partial charge in [-0.1, -0.05) is 60.7 Å². The highest BCUT2D eigenvalue weighted by Gasteiger charge is 2.51. The Labute approximate surface area is 289 Å². The highest BCUT2D eigenvalue weighted by atomic mass is 31.2. The number of carbonyl (C=O) groups excluding carboxylic acids is 2. The Morgan fingerprint density at radius 3 is 1.29 bits per heavy atom. The summed E-state index contributed by atoms with van der Waals surface area (Å²) in [5, 5.41) is 0. The van der Waals surface area contributed by atoms with E-state index in [4.69, 9.17) is 4.74 Å². The van der Waals surface area contributed by atoms with Crippen molar-refractivity contribution in [2.45, 2.75) is 56.0 Å². The topological polar surface area (TPSA) is 158 Å². The number of esters is 1. The van der Waals surface area contributed by atoms with Crippen molar-refractivity contribution in [1.29, 1.82) is 0 Å². The molecule has 272 valence electrons. The normalized spacial score (nSPS) is 13.2. The molecule has 0 radical (unpaired) electrons. The Hall–Kier alpha value is -4.03. The van der Waals surface area contributed by atoms with Crippen LogP contribution in [0, 0.1) is 5.82 Å². The molecule has 0 aliphatic heterocycles.